The van der Waals surface area contributed by atoms with Crippen molar-refractivity contribution in [1.82, 2.24) is 0 Å². The van der Waals surface area contributed by atoms with Gasteiger partial charge in [-0.2, -0.15) is 4.39 Å². The number of aromatic hydroxyl groups is 1. The van der Waals surface area contributed by atoms with E-state index in [1.54, 1.807) is 12.1 Å². The standard InChI is InChI=1S/C24H27F3O3/c1-2-3-4-13-29-22-12-10-19(23(26)24(22)27)17-7-5-16(6-8-17)15-30-21-11-9-18(28)14-20(21)25/h2,9-12,14,16-17,28H,1,3-8,13,15H2. The summed E-state index contributed by atoms with van der Waals surface area (Å²) >= 11 is 0. The van der Waals surface area contributed by atoms with Crippen LogP contribution in [0.5, 0.6) is 17.2 Å². The number of rotatable bonds is 9. The minimum absolute atomic E-state index is 0.0571. The van der Waals surface area contributed by atoms with Gasteiger partial charge in [-0.25, -0.2) is 8.78 Å². The SMILES string of the molecule is C=CCCCOc1ccc(C2CCC(COc3ccc(O)cc3F)CC2)c(F)c1F. The number of hydrogen-bond donors (Lipinski definition) is 1. The van der Waals surface area contributed by atoms with Gasteiger partial charge in [0.05, 0.1) is 13.2 Å². The van der Waals surface area contributed by atoms with Crippen molar-refractivity contribution in [3.63, 3.8) is 0 Å². The molecule has 3 rings (SSSR count). The van der Waals surface area contributed by atoms with Crippen molar-refractivity contribution in [2.24, 2.45) is 5.92 Å². The van der Waals surface area contributed by atoms with Crippen LogP contribution in [0.1, 0.15) is 50.0 Å². The topological polar surface area (TPSA) is 38.7 Å². The van der Waals surface area contributed by atoms with Crippen molar-refractivity contribution in [1.29, 1.82) is 0 Å². The van der Waals surface area contributed by atoms with Crippen molar-refractivity contribution in [3.05, 3.63) is 66.0 Å². The normalized spacial score (nSPS) is 18.8. The summed E-state index contributed by atoms with van der Waals surface area (Å²) in [7, 11) is 0. The predicted octanol–water partition coefficient (Wildman–Crippen LogP) is 6.51. The van der Waals surface area contributed by atoms with E-state index < -0.39 is 17.5 Å². The summed E-state index contributed by atoms with van der Waals surface area (Å²) in [5, 5.41) is 9.25. The third kappa shape index (κ3) is 5.49. The van der Waals surface area contributed by atoms with Crippen LogP contribution in [0.3, 0.4) is 0 Å². The van der Waals surface area contributed by atoms with Gasteiger partial charge in [0.25, 0.3) is 0 Å². The van der Waals surface area contributed by atoms with Gasteiger partial charge in [-0.1, -0.05) is 12.1 Å². The van der Waals surface area contributed by atoms with Crippen LogP contribution in [-0.4, -0.2) is 18.3 Å². The highest BCUT2D eigenvalue weighted by atomic mass is 19.2. The van der Waals surface area contributed by atoms with Crippen LogP contribution in [0.2, 0.25) is 0 Å². The van der Waals surface area contributed by atoms with Crippen LogP contribution in [0, 0.1) is 23.4 Å². The highest BCUT2D eigenvalue weighted by Crippen LogP contribution is 2.39. The molecule has 0 unspecified atom stereocenters. The summed E-state index contributed by atoms with van der Waals surface area (Å²) in [4.78, 5) is 0. The molecule has 0 aromatic heterocycles. The molecule has 0 aliphatic heterocycles. The summed E-state index contributed by atoms with van der Waals surface area (Å²) in [6.45, 7) is 4.28. The van der Waals surface area contributed by atoms with Gasteiger partial charge in [-0.15, -0.1) is 6.58 Å². The van der Waals surface area contributed by atoms with Crippen LogP contribution in [0.25, 0.3) is 0 Å². The number of halogens is 3. The molecule has 0 bridgehead atoms. The summed E-state index contributed by atoms with van der Waals surface area (Å²) < 4.78 is 53.6. The molecule has 0 amide bonds. The lowest BCUT2D eigenvalue weighted by molar-refractivity contribution is 0.193. The largest absolute Gasteiger partial charge is 0.508 e. The number of hydrogen-bond acceptors (Lipinski definition) is 3. The zero-order valence-electron chi connectivity index (χ0n) is 16.9. The van der Waals surface area contributed by atoms with Crippen LogP contribution >= 0.6 is 0 Å². The van der Waals surface area contributed by atoms with Crippen molar-refractivity contribution in [2.75, 3.05) is 13.2 Å². The average Bonchev–Trinajstić information content (AvgIpc) is 2.74. The second kappa shape index (κ2) is 10.4. The Labute approximate surface area is 175 Å². The maximum Gasteiger partial charge on any atom is 0.200 e. The van der Waals surface area contributed by atoms with Crippen LogP contribution in [0.4, 0.5) is 13.2 Å². The van der Waals surface area contributed by atoms with Crippen molar-refractivity contribution in [3.8, 4) is 17.2 Å². The van der Waals surface area contributed by atoms with Crippen molar-refractivity contribution >= 4 is 0 Å². The smallest absolute Gasteiger partial charge is 0.200 e. The molecule has 1 aliphatic rings. The van der Waals surface area contributed by atoms with Gasteiger partial charge in [0, 0.05) is 6.07 Å². The van der Waals surface area contributed by atoms with Crippen LogP contribution in [-0.2, 0) is 0 Å². The van der Waals surface area contributed by atoms with E-state index in [4.69, 9.17) is 9.47 Å². The van der Waals surface area contributed by atoms with Gasteiger partial charge in [0.15, 0.2) is 23.1 Å². The molecule has 1 fully saturated rings. The van der Waals surface area contributed by atoms with Gasteiger partial charge < -0.3 is 14.6 Å². The Bertz CT molecular complexity index is 861. The molecular weight excluding hydrogens is 393 g/mol. The Kier molecular flexibility index (Phi) is 7.66. The lowest BCUT2D eigenvalue weighted by Gasteiger charge is -2.29. The molecule has 2 aromatic rings. The maximum absolute atomic E-state index is 14.6. The molecule has 0 heterocycles. The molecule has 0 radical (unpaired) electrons. The van der Waals surface area contributed by atoms with E-state index in [1.165, 1.54) is 18.2 Å². The predicted molar refractivity (Wildman–Crippen MR) is 110 cm³/mol. The Balaban J connectivity index is 1.53. The third-order valence-electron chi connectivity index (χ3n) is 5.56. The first-order chi connectivity index (χ1) is 14.5. The molecule has 6 heteroatoms. The number of phenols is 1. The first-order valence-corrected chi connectivity index (χ1v) is 10.3. The zero-order valence-corrected chi connectivity index (χ0v) is 16.9. The number of benzene rings is 2. The van der Waals surface area contributed by atoms with Gasteiger partial charge in [-0.3, -0.25) is 0 Å². The third-order valence-corrected chi connectivity index (χ3v) is 5.56. The molecule has 30 heavy (non-hydrogen) atoms. The zero-order chi connectivity index (χ0) is 21.5. The van der Waals surface area contributed by atoms with Gasteiger partial charge in [0.2, 0.25) is 5.82 Å². The molecule has 0 spiro atoms. The van der Waals surface area contributed by atoms with E-state index in [9.17, 15) is 18.3 Å². The maximum atomic E-state index is 14.6. The molecule has 1 aliphatic carbocycles. The summed E-state index contributed by atoms with van der Waals surface area (Å²) in [6.07, 6.45) is 6.20. The van der Waals surface area contributed by atoms with E-state index in [0.717, 1.165) is 25.3 Å². The second-order valence-electron chi connectivity index (χ2n) is 7.70. The van der Waals surface area contributed by atoms with Gasteiger partial charge >= 0.3 is 0 Å². The van der Waals surface area contributed by atoms with Crippen LogP contribution in [0.15, 0.2) is 43.0 Å². The lowest BCUT2D eigenvalue weighted by Crippen LogP contribution is -2.20. The number of unbranched alkanes of at least 4 members (excludes halogenated alkanes) is 1. The fourth-order valence-electron chi connectivity index (χ4n) is 3.84. The summed E-state index contributed by atoms with van der Waals surface area (Å²) in [5.74, 6) is -2.31. The number of ether oxygens (including phenoxy) is 2. The fraction of sp³-hybridized carbons (Fsp3) is 0.417. The fourth-order valence-corrected chi connectivity index (χ4v) is 3.84. The van der Waals surface area contributed by atoms with Crippen molar-refractivity contribution < 1.29 is 27.8 Å². The van der Waals surface area contributed by atoms with E-state index in [-0.39, 0.29) is 29.1 Å². The number of allylic oxidation sites excluding steroid dienone is 1. The quantitative estimate of drug-likeness (QED) is 0.371. The first-order valence-electron chi connectivity index (χ1n) is 10.3. The van der Waals surface area contributed by atoms with Gasteiger partial charge in [0.1, 0.15) is 5.75 Å². The summed E-state index contributed by atoms with van der Waals surface area (Å²) in [6, 6.07) is 6.91. The highest BCUT2D eigenvalue weighted by molar-refractivity contribution is 5.34. The minimum atomic E-state index is -0.931. The molecule has 1 N–H and O–H groups in total. The summed E-state index contributed by atoms with van der Waals surface area (Å²) in [5.41, 5.74) is 0.384. The van der Waals surface area contributed by atoms with Crippen molar-refractivity contribution in [2.45, 2.75) is 44.4 Å². The molecular formula is C24H27F3O3. The minimum Gasteiger partial charge on any atom is -0.508 e. The Morgan fingerprint density at radius 3 is 2.40 bits per heavy atom. The molecule has 0 saturated heterocycles. The molecule has 2 aromatic carbocycles. The molecule has 0 atom stereocenters. The van der Waals surface area contributed by atoms with E-state index in [1.807, 2.05) is 0 Å². The first kappa shape index (κ1) is 22.1. The Hall–Kier alpha value is -2.63. The Morgan fingerprint density at radius 1 is 0.967 bits per heavy atom. The highest BCUT2D eigenvalue weighted by Gasteiger charge is 2.27. The molecule has 3 nitrogen and oxygen atoms in total. The molecule has 1 saturated carbocycles. The van der Waals surface area contributed by atoms with E-state index in [2.05, 4.69) is 6.58 Å². The van der Waals surface area contributed by atoms with E-state index in [0.29, 0.717) is 38.0 Å². The number of phenolic OH excluding ortho intramolecular Hbond substituents is 1. The van der Waals surface area contributed by atoms with Gasteiger partial charge in [-0.05, 0) is 74.1 Å². The second-order valence-corrected chi connectivity index (χ2v) is 7.70. The van der Waals surface area contributed by atoms with E-state index >= 15 is 0 Å². The average molecular weight is 420 g/mol. The lowest BCUT2D eigenvalue weighted by atomic mass is 9.79. The Morgan fingerprint density at radius 2 is 1.70 bits per heavy atom. The molecule has 162 valence electrons. The monoisotopic (exact) mass is 420 g/mol. The van der Waals surface area contributed by atoms with Crippen LogP contribution < -0.4 is 9.47 Å².